The molecule has 2 nitrogen and oxygen atoms in total. The summed E-state index contributed by atoms with van der Waals surface area (Å²) in [6.07, 6.45) is 2.54. The molecule has 0 aromatic heterocycles. The molecular formula is C13H19NO. The zero-order chi connectivity index (χ0) is 10.9. The molecule has 15 heavy (non-hydrogen) atoms. The van der Waals surface area contributed by atoms with Crippen LogP contribution in [-0.4, -0.2) is 20.7 Å². The molecule has 2 heteroatoms. The Labute approximate surface area is 91.6 Å². The van der Waals surface area contributed by atoms with Gasteiger partial charge in [0.15, 0.2) is 0 Å². The van der Waals surface area contributed by atoms with Crippen LogP contribution in [0.15, 0.2) is 18.2 Å². The molecule has 0 bridgehead atoms. The van der Waals surface area contributed by atoms with Crippen LogP contribution in [0.25, 0.3) is 0 Å². The van der Waals surface area contributed by atoms with Crippen LogP contribution < -0.4 is 10.1 Å². The number of rotatable bonds is 4. The highest BCUT2D eigenvalue weighted by molar-refractivity contribution is 5.45. The van der Waals surface area contributed by atoms with E-state index in [2.05, 4.69) is 30.4 Å². The van der Waals surface area contributed by atoms with Crippen molar-refractivity contribution in [3.8, 4) is 5.75 Å². The Morgan fingerprint density at radius 3 is 2.67 bits per heavy atom. The fraction of sp³-hybridized carbons (Fsp3) is 0.538. The molecular weight excluding hydrogens is 186 g/mol. The first-order valence-corrected chi connectivity index (χ1v) is 5.51. The van der Waals surface area contributed by atoms with E-state index in [1.807, 2.05) is 7.05 Å². The van der Waals surface area contributed by atoms with Gasteiger partial charge in [0, 0.05) is 17.5 Å². The minimum Gasteiger partial charge on any atom is -0.496 e. The number of nitrogens with one attached hydrogen (secondary N) is 1. The molecule has 1 aliphatic carbocycles. The van der Waals surface area contributed by atoms with Gasteiger partial charge in [-0.1, -0.05) is 17.7 Å². The second-order valence-corrected chi connectivity index (χ2v) is 4.51. The Morgan fingerprint density at radius 2 is 2.13 bits per heavy atom. The van der Waals surface area contributed by atoms with E-state index < -0.39 is 0 Å². The van der Waals surface area contributed by atoms with Crippen LogP contribution in [-0.2, 0) is 5.41 Å². The summed E-state index contributed by atoms with van der Waals surface area (Å²) in [5.41, 5.74) is 3.03. The molecule has 0 aliphatic heterocycles. The van der Waals surface area contributed by atoms with Gasteiger partial charge in [-0.3, -0.25) is 0 Å². The second kappa shape index (κ2) is 3.86. The number of likely N-dealkylation sites (N-methyl/N-ethyl adjacent to an activating group) is 1. The predicted octanol–water partition coefficient (Wildman–Crippen LogP) is 2.25. The van der Waals surface area contributed by atoms with Crippen LogP contribution in [0.5, 0.6) is 5.75 Å². The predicted molar refractivity (Wildman–Crippen MR) is 62.6 cm³/mol. The van der Waals surface area contributed by atoms with Crippen molar-refractivity contribution in [2.75, 3.05) is 20.7 Å². The molecule has 0 radical (unpaired) electrons. The maximum Gasteiger partial charge on any atom is 0.122 e. The summed E-state index contributed by atoms with van der Waals surface area (Å²) in [5, 5.41) is 3.28. The molecule has 1 aliphatic rings. The standard InChI is InChI=1S/C13H19NO/c1-10-4-5-12(15-3)11(8-10)13(6-7-13)9-14-2/h4-5,8,14H,6-7,9H2,1-3H3. The summed E-state index contributed by atoms with van der Waals surface area (Å²) in [6.45, 7) is 3.19. The Hall–Kier alpha value is -1.02. The minimum atomic E-state index is 0.339. The van der Waals surface area contributed by atoms with E-state index in [4.69, 9.17) is 4.74 Å². The summed E-state index contributed by atoms with van der Waals surface area (Å²) < 4.78 is 5.45. The van der Waals surface area contributed by atoms with Gasteiger partial charge in [-0.25, -0.2) is 0 Å². The first-order chi connectivity index (χ1) is 7.22. The molecule has 0 spiro atoms. The van der Waals surface area contributed by atoms with Crippen LogP contribution in [0.3, 0.4) is 0 Å². The zero-order valence-electron chi connectivity index (χ0n) is 9.76. The van der Waals surface area contributed by atoms with Crippen LogP contribution >= 0.6 is 0 Å². The van der Waals surface area contributed by atoms with Crippen LogP contribution in [0.4, 0.5) is 0 Å². The summed E-state index contributed by atoms with van der Waals surface area (Å²) in [6, 6.07) is 6.46. The maximum atomic E-state index is 5.45. The first-order valence-electron chi connectivity index (χ1n) is 5.51. The van der Waals surface area contributed by atoms with E-state index in [1.54, 1.807) is 7.11 Å². The number of aryl methyl sites for hydroxylation is 1. The first kappa shape index (κ1) is 10.5. The van der Waals surface area contributed by atoms with E-state index in [1.165, 1.54) is 24.0 Å². The normalized spacial score (nSPS) is 17.5. The molecule has 1 N–H and O–H groups in total. The largest absolute Gasteiger partial charge is 0.496 e. The molecule has 0 amide bonds. The average molecular weight is 205 g/mol. The monoisotopic (exact) mass is 205 g/mol. The van der Waals surface area contributed by atoms with Crippen molar-refractivity contribution in [2.45, 2.75) is 25.2 Å². The van der Waals surface area contributed by atoms with E-state index in [9.17, 15) is 0 Å². The smallest absolute Gasteiger partial charge is 0.122 e. The van der Waals surface area contributed by atoms with Gasteiger partial charge in [0.25, 0.3) is 0 Å². The Bertz CT molecular complexity index is 356. The van der Waals surface area contributed by atoms with Crippen molar-refractivity contribution in [1.29, 1.82) is 0 Å². The summed E-state index contributed by atoms with van der Waals surface area (Å²) in [7, 11) is 3.77. The lowest BCUT2D eigenvalue weighted by molar-refractivity contribution is 0.402. The Morgan fingerprint density at radius 1 is 1.40 bits per heavy atom. The number of hydrogen-bond acceptors (Lipinski definition) is 2. The zero-order valence-corrected chi connectivity index (χ0v) is 9.76. The van der Waals surface area contributed by atoms with Gasteiger partial charge >= 0.3 is 0 Å². The molecule has 1 fully saturated rings. The second-order valence-electron chi connectivity index (χ2n) is 4.51. The molecule has 2 rings (SSSR count). The maximum absolute atomic E-state index is 5.45. The number of benzene rings is 1. The number of methoxy groups -OCH3 is 1. The fourth-order valence-corrected chi connectivity index (χ4v) is 2.27. The molecule has 1 saturated carbocycles. The van der Waals surface area contributed by atoms with Gasteiger partial charge in [0.2, 0.25) is 0 Å². The topological polar surface area (TPSA) is 21.3 Å². The van der Waals surface area contributed by atoms with Crippen molar-refractivity contribution in [3.05, 3.63) is 29.3 Å². The van der Waals surface area contributed by atoms with Crippen molar-refractivity contribution in [1.82, 2.24) is 5.32 Å². The summed E-state index contributed by atoms with van der Waals surface area (Å²) in [5.74, 6) is 1.04. The van der Waals surface area contributed by atoms with Crippen LogP contribution in [0.2, 0.25) is 0 Å². The van der Waals surface area contributed by atoms with Gasteiger partial charge in [-0.2, -0.15) is 0 Å². The van der Waals surface area contributed by atoms with E-state index >= 15 is 0 Å². The van der Waals surface area contributed by atoms with E-state index in [0.717, 1.165) is 12.3 Å². The van der Waals surface area contributed by atoms with Gasteiger partial charge < -0.3 is 10.1 Å². The third-order valence-electron chi connectivity index (χ3n) is 3.30. The lowest BCUT2D eigenvalue weighted by Crippen LogP contribution is -2.24. The molecule has 1 aromatic carbocycles. The summed E-state index contributed by atoms with van der Waals surface area (Å²) in [4.78, 5) is 0. The summed E-state index contributed by atoms with van der Waals surface area (Å²) >= 11 is 0. The molecule has 0 unspecified atom stereocenters. The molecule has 0 heterocycles. The van der Waals surface area contributed by atoms with Crippen molar-refractivity contribution < 1.29 is 4.74 Å². The molecule has 0 saturated heterocycles. The van der Waals surface area contributed by atoms with Crippen LogP contribution in [0.1, 0.15) is 24.0 Å². The third-order valence-corrected chi connectivity index (χ3v) is 3.30. The third kappa shape index (κ3) is 1.86. The highest BCUT2D eigenvalue weighted by Gasteiger charge is 2.45. The highest BCUT2D eigenvalue weighted by atomic mass is 16.5. The van der Waals surface area contributed by atoms with Crippen LogP contribution in [0, 0.1) is 6.92 Å². The number of ether oxygens (including phenoxy) is 1. The average Bonchev–Trinajstić information content (AvgIpc) is 2.99. The minimum absolute atomic E-state index is 0.339. The van der Waals surface area contributed by atoms with E-state index in [0.29, 0.717) is 5.41 Å². The lowest BCUT2D eigenvalue weighted by Gasteiger charge is -2.19. The highest BCUT2D eigenvalue weighted by Crippen LogP contribution is 2.50. The van der Waals surface area contributed by atoms with Gasteiger partial charge in [-0.05, 0) is 32.9 Å². The quantitative estimate of drug-likeness (QED) is 0.814. The number of hydrogen-bond donors (Lipinski definition) is 1. The van der Waals surface area contributed by atoms with Crippen molar-refractivity contribution in [2.24, 2.45) is 0 Å². The Balaban J connectivity index is 2.37. The van der Waals surface area contributed by atoms with E-state index in [-0.39, 0.29) is 0 Å². The van der Waals surface area contributed by atoms with Gasteiger partial charge in [0.1, 0.15) is 5.75 Å². The van der Waals surface area contributed by atoms with Crippen molar-refractivity contribution in [3.63, 3.8) is 0 Å². The lowest BCUT2D eigenvalue weighted by atomic mass is 9.93. The molecule has 82 valence electrons. The Kier molecular flexibility index (Phi) is 2.70. The van der Waals surface area contributed by atoms with Gasteiger partial charge in [-0.15, -0.1) is 0 Å². The van der Waals surface area contributed by atoms with Gasteiger partial charge in [0.05, 0.1) is 7.11 Å². The van der Waals surface area contributed by atoms with Crippen molar-refractivity contribution >= 4 is 0 Å². The SMILES string of the molecule is CNCC1(c2cc(C)ccc2OC)CC1. The molecule has 1 aromatic rings. The molecule has 0 atom stereocenters. The fourth-order valence-electron chi connectivity index (χ4n) is 2.27.